The maximum Gasteiger partial charge on any atom is 0.314 e. The van der Waals surface area contributed by atoms with Gasteiger partial charge in [-0.25, -0.2) is 0 Å². The number of ketones is 1. The molecule has 138 valence electrons. The van der Waals surface area contributed by atoms with Crippen LogP contribution < -0.4 is 18.9 Å². The van der Waals surface area contributed by atoms with Crippen LogP contribution in [-0.4, -0.2) is 26.0 Å². The highest BCUT2D eigenvalue weighted by Gasteiger charge is 2.32. The van der Waals surface area contributed by atoms with Gasteiger partial charge in [-0.2, -0.15) is 0 Å². The van der Waals surface area contributed by atoms with Gasteiger partial charge in [-0.1, -0.05) is 6.07 Å². The average molecular weight is 366 g/mol. The van der Waals surface area contributed by atoms with E-state index in [1.807, 2.05) is 0 Å². The number of fused-ring (bicyclic) bond motifs is 1. The molecule has 2 aromatic rings. The molecule has 6 heteroatoms. The maximum atomic E-state index is 12.6. The molecule has 2 aromatic carbocycles. The summed E-state index contributed by atoms with van der Waals surface area (Å²) >= 11 is 0. The summed E-state index contributed by atoms with van der Waals surface area (Å²) in [5.74, 6) is 1.66. The number of esters is 1. The Hall–Kier alpha value is -3.28. The van der Waals surface area contributed by atoms with Crippen molar-refractivity contribution in [1.82, 2.24) is 0 Å². The second kappa shape index (κ2) is 6.79. The zero-order valence-electron chi connectivity index (χ0n) is 15.0. The molecule has 1 aliphatic heterocycles. The summed E-state index contributed by atoms with van der Waals surface area (Å²) in [5, 5.41) is 0. The van der Waals surface area contributed by atoms with Gasteiger partial charge in [0.25, 0.3) is 0 Å². The molecule has 27 heavy (non-hydrogen) atoms. The predicted molar refractivity (Wildman–Crippen MR) is 97.3 cm³/mol. The number of Topliss-reactive ketones (excluding diaryl/α,β-unsaturated/α-hetero) is 1. The monoisotopic (exact) mass is 366 g/mol. The molecule has 1 saturated carbocycles. The Morgan fingerprint density at radius 3 is 2.56 bits per heavy atom. The third kappa shape index (κ3) is 3.38. The van der Waals surface area contributed by atoms with E-state index in [0.717, 1.165) is 18.4 Å². The summed E-state index contributed by atoms with van der Waals surface area (Å²) in [4.78, 5) is 24.4. The van der Waals surface area contributed by atoms with Crippen molar-refractivity contribution < 1.29 is 28.5 Å². The van der Waals surface area contributed by atoms with Crippen LogP contribution in [0.15, 0.2) is 42.2 Å². The third-order valence-electron chi connectivity index (χ3n) is 4.48. The number of hydrogen-bond donors (Lipinski definition) is 0. The van der Waals surface area contributed by atoms with E-state index >= 15 is 0 Å². The molecule has 2 aliphatic rings. The molecule has 0 radical (unpaired) electrons. The van der Waals surface area contributed by atoms with Gasteiger partial charge >= 0.3 is 5.97 Å². The van der Waals surface area contributed by atoms with Gasteiger partial charge in [0.1, 0.15) is 11.5 Å². The van der Waals surface area contributed by atoms with Crippen molar-refractivity contribution >= 4 is 17.8 Å². The average Bonchev–Trinajstić information content (AvgIpc) is 3.48. The fourth-order valence-electron chi connectivity index (χ4n) is 2.84. The molecule has 1 heterocycles. The lowest BCUT2D eigenvalue weighted by Crippen LogP contribution is -2.09. The second-order valence-electron chi connectivity index (χ2n) is 6.41. The summed E-state index contributed by atoms with van der Waals surface area (Å²) in [5.41, 5.74) is 1.18. The van der Waals surface area contributed by atoms with Gasteiger partial charge in [-0.3, -0.25) is 9.59 Å². The fraction of sp³-hybridized carbons (Fsp3) is 0.238. The molecule has 0 atom stereocenters. The van der Waals surface area contributed by atoms with Crippen LogP contribution in [0.2, 0.25) is 0 Å². The van der Waals surface area contributed by atoms with Gasteiger partial charge in [0.15, 0.2) is 17.3 Å². The standard InChI is InChI=1S/C21H18O6/c1-24-16-8-3-12(9-18(16)25-2)10-19-20(22)15-7-6-14(11-17(15)27-19)26-21(23)13-4-5-13/h3,6-11,13H,4-5H2,1-2H3/b19-10-. The summed E-state index contributed by atoms with van der Waals surface area (Å²) in [6, 6.07) is 10.1. The normalized spacial score (nSPS) is 16.7. The minimum atomic E-state index is -0.236. The molecule has 0 spiro atoms. The van der Waals surface area contributed by atoms with Crippen molar-refractivity contribution in [2.75, 3.05) is 14.2 Å². The Morgan fingerprint density at radius 2 is 1.85 bits per heavy atom. The van der Waals surface area contributed by atoms with Crippen molar-refractivity contribution in [3.05, 3.63) is 53.3 Å². The van der Waals surface area contributed by atoms with E-state index in [1.54, 1.807) is 56.7 Å². The van der Waals surface area contributed by atoms with E-state index in [2.05, 4.69) is 0 Å². The number of hydrogen-bond acceptors (Lipinski definition) is 6. The Bertz CT molecular complexity index is 955. The lowest BCUT2D eigenvalue weighted by atomic mass is 10.1. The molecule has 6 nitrogen and oxygen atoms in total. The van der Waals surface area contributed by atoms with E-state index < -0.39 is 0 Å². The van der Waals surface area contributed by atoms with E-state index in [0.29, 0.717) is 28.6 Å². The third-order valence-corrected chi connectivity index (χ3v) is 4.48. The first-order chi connectivity index (χ1) is 13.1. The van der Waals surface area contributed by atoms with Crippen LogP contribution in [0.3, 0.4) is 0 Å². The predicted octanol–water partition coefficient (Wildman–Crippen LogP) is 3.64. The van der Waals surface area contributed by atoms with Crippen LogP contribution in [0, 0.1) is 5.92 Å². The molecule has 0 aromatic heterocycles. The summed E-state index contributed by atoms with van der Waals surface area (Å²) in [6.45, 7) is 0. The number of ether oxygens (including phenoxy) is 4. The SMILES string of the molecule is COc1ccc(/C=C2\Oc3cc(OC(=O)C4CC4)ccc3C2=O)cc1OC. The minimum absolute atomic E-state index is 0.00122. The highest BCUT2D eigenvalue weighted by atomic mass is 16.5. The molecular weight excluding hydrogens is 348 g/mol. The van der Waals surface area contributed by atoms with Crippen LogP contribution in [0.25, 0.3) is 6.08 Å². The molecule has 0 unspecified atom stereocenters. The van der Waals surface area contributed by atoms with Crippen LogP contribution >= 0.6 is 0 Å². The highest BCUT2D eigenvalue weighted by molar-refractivity contribution is 6.14. The number of benzene rings is 2. The smallest absolute Gasteiger partial charge is 0.314 e. The topological polar surface area (TPSA) is 71.1 Å². The van der Waals surface area contributed by atoms with Gasteiger partial charge in [0, 0.05) is 6.07 Å². The molecule has 0 amide bonds. The van der Waals surface area contributed by atoms with E-state index in [-0.39, 0.29) is 23.4 Å². The first kappa shape index (κ1) is 17.1. The number of methoxy groups -OCH3 is 2. The van der Waals surface area contributed by atoms with Crippen LogP contribution in [0.1, 0.15) is 28.8 Å². The number of allylic oxidation sites excluding steroid dienone is 1. The summed E-state index contributed by atoms with van der Waals surface area (Å²) < 4.78 is 21.5. The van der Waals surface area contributed by atoms with Gasteiger partial charge < -0.3 is 18.9 Å². The lowest BCUT2D eigenvalue weighted by molar-refractivity contribution is -0.135. The minimum Gasteiger partial charge on any atom is -0.493 e. The van der Waals surface area contributed by atoms with Gasteiger partial charge in [-0.05, 0) is 48.7 Å². The van der Waals surface area contributed by atoms with E-state index in [4.69, 9.17) is 18.9 Å². The van der Waals surface area contributed by atoms with Crippen LogP contribution in [0.5, 0.6) is 23.0 Å². The van der Waals surface area contributed by atoms with Crippen molar-refractivity contribution in [2.45, 2.75) is 12.8 Å². The van der Waals surface area contributed by atoms with Crippen LogP contribution in [-0.2, 0) is 4.79 Å². The van der Waals surface area contributed by atoms with Crippen LogP contribution in [0.4, 0.5) is 0 Å². The Labute approximate surface area is 156 Å². The molecule has 1 aliphatic carbocycles. The lowest BCUT2D eigenvalue weighted by Gasteiger charge is -2.08. The first-order valence-electron chi connectivity index (χ1n) is 8.61. The number of rotatable bonds is 5. The fourth-order valence-corrected chi connectivity index (χ4v) is 2.84. The summed E-state index contributed by atoms with van der Waals surface area (Å²) in [6.07, 6.45) is 3.38. The number of carbonyl (C=O) groups excluding carboxylic acids is 2. The van der Waals surface area contributed by atoms with Crippen molar-refractivity contribution in [2.24, 2.45) is 5.92 Å². The van der Waals surface area contributed by atoms with Gasteiger partial charge in [0.05, 0.1) is 25.7 Å². The maximum absolute atomic E-state index is 12.6. The highest BCUT2D eigenvalue weighted by Crippen LogP contribution is 2.37. The van der Waals surface area contributed by atoms with Crippen molar-refractivity contribution in [3.63, 3.8) is 0 Å². The molecule has 0 saturated heterocycles. The molecule has 1 fully saturated rings. The summed E-state index contributed by atoms with van der Waals surface area (Å²) in [7, 11) is 3.11. The Kier molecular flexibility index (Phi) is 4.32. The Balaban J connectivity index is 1.57. The largest absolute Gasteiger partial charge is 0.493 e. The zero-order valence-corrected chi connectivity index (χ0v) is 15.0. The van der Waals surface area contributed by atoms with E-state index in [1.165, 1.54) is 0 Å². The molecular formula is C21H18O6. The van der Waals surface area contributed by atoms with Crippen molar-refractivity contribution in [1.29, 1.82) is 0 Å². The van der Waals surface area contributed by atoms with Gasteiger partial charge in [-0.15, -0.1) is 0 Å². The van der Waals surface area contributed by atoms with E-state index in [9.17, 15) is 9.59 Å². The van der Waals surface area contributed by atoms with Crippen molar-refractivity contribution in [3.8, 4) is 23.0 Å². The molecule has 4 rings (SSSR count). The first-order valence-corrected chi connectivity index (χ1v) is 8.61. The molecule has 0 bridgehead atoms. The number of carbonyl (C=O) groups is 2. The quantitative estimate of drug-likeness (QED) is 0.457. The second-order valence-corrected chi connectivity index (χ2v) is 6.41. The van der Waals surface area contributed by atoms with Gasteiger partial charge in [0.2, 0.25) is 5.78 Å². The Morgan fingerprint density at radius 1 is 1.07 bits per heavy atom. The zero-order chi connectivity index (χ0) is 19.0. The molecule has 0 N–H and O–H groups in total.